The Morgan fingerprint density at radius 2 is 2.19 bits per heavy atom. The quantitative estimate of drug-likeness (QED) is 0.684. The number of likely N-dealkylation sites (tertiary alicyclic amines) is 1. The van der Waals surface area contributed by atoms with Crippen LogP contribution in [0.15, 0.2) is 0 Å². The SMILES string of the molecule is CCCNC(C)CCCN1CCC(CC)C1. The summed E-state index contributed by atoms with van der Waals surface area (Å²) in [5.41, 5.74) is 0. The van der Waals surface area contributed by atoms with Gasteiger partial charge in [-0.05, 0) is 58.2 Å². The van der Waals surface area contributed by atoms with E-state index in [0.29, 0.717) is 6.04 Å². The molecule has 1 aliphatic heterocycles. The molecular weight excluding hydrogens is 196 g/mol. The Balaban J connectivity index is 1.98. The van der Waals surface area contributed by atoms with Crippen LogP contribution in [0.5, 0.6) is 0 Å². The fourth-order valence-electron chi connectivity index (χ4n) is 2.56. The van der Waals surface area contributed by atoms with Crippen molar-refractivity contribution < 1.29 is 0 Å². The van der Waals surface area contributed by atoms with Crippen molar-refractivity contribution in [2.24, 2.45) is 5.92 Å². The molecule has 2 nitrogen and oxygen atoms in total. The van der Waals surface area contributed by atoms with Gasteiger partial charge in [0.05, 0.1) is 0 Å². The van der Waals surface area contributed by atoms with Crippen molar-refractivity contribution in [2.45, 2.75) is 58.9 Å². The van der Waals surface area contributed by atoms with Crippen molar-refractivity contribution in [2.75, 3.05) is 26.2 Å². The van der Waals surface area contributed by atoms with E-state index in [-0.39, 0.29) is 0 Å². The minimum atomic E-state index is 0.699. The van der Waals surface area contributed by atoms with Gasteiger partial charge in [-0.2, -0.15) is 0 Å². The normalized spacial score (nSPS) is 23.8. The van der Waals surface area contributed by atoms with Crippen molar-refractivity contribution in [3.05, 3.63) is 0 Å². The highest BCUT2D eigenvalue weighted by atomic mass is 15.1. The Morgan fingerprint density at radius 1 is 1.38 bits per heavy atom. The lowest BCUT2D eigenvalue weighted by molar-refractivity contribution is 0.307. The average molecular weight is 226 g/mol. The van der Waals surface area contributed by atoms with Crippen LogP contribution in [0, 0.1) is 5.92 Å². The van der Waals surface area contributed by atoms with Crippen molar-refractivity contribution in [3.63, 3.8) is 0 Å². The van der Waals surface area contributed by atoms with Gasteiger partial charge in [-0.15, -0.1) is 0 Å². The van der Waals surface area contributed by atoms with Gasteiger partial charge in [0.2, 0.25) is 0 Å². The second kappa shape index (κ2) is 8.08. The molecule has 0 aromatic rings. The molecule has 1 fully saturated rings. The maximum atomic E-state index is 3.56. The van der Waals surface area contributed by atoms with Crippen LogP contribution < -0.4 is 5.32 Å². The summed E-state index contributed by atoms with van der Waals surface area (Å²) in [6.45, 7) is 12.0. The van der Waals surface area contributed by atoms with Gasteiger partial charge in [-0.1, -0.05) is 20.3 Å². The molecule has 0 spiro atoms. The van der Waals surface area contributed by atoms with Crippen LogP contribution >= 0.6 is 0 Å². The summed E-state index contributed by atoms with van der Waals surface area (Å²) in [4.78, 5) is 2.65. The fraction of sp³-hybridized carbons (Fsp3) is 1.00. The first-order valence-electron chi connectivity index (χ1n) is 7.22. The lowest BCUT2D eigenvalue weighted by Crippen LogP contribution is -2.28. The zero-order chi connectivity index (χ0) is 11.8. The summed E-state index contributed by atoms with van der Waals surface area (Å²) >= 11 is 0. The molecular formula is C14H30N2. The van der Waals surface area contributed by atoms with Crippen molar-refractivity contribution in [1.82, 2.24) is 10.2 Å². The monoisotopic (exact) mass is 226 g/mol. The minimum Gasteiger partial charge on any atom is -0.314 e. The van der Waals surface area contributed by atoms with Gasteiger partial charge in [0.15, 0.2) is 0 Å². The van der Waals surface area contributed by atoms with Gasteiger partial charge >= 0.3 is 0 Å². The van der Waals surface area contributed by atoms with Gasteiger partial charge < -0.3 is 10.2 Å². The summed E-state index contributed by atoms with van der Waals surface area (Å²) in [6, 6.07) is 0.699. The molecule has 1 saturated heterocycles. The number of nitrogens with one attached hydrogen (secondary N) is 1. The standard InChI is InChI=1S/C14H30N2/c1-4-9-15-13(3)7-6-10-16-11-8-14(5-2)12-16/h13-15H,4-12H2,1-3H3. The molecule has 2 atom stereocenters. The predicted molar refractivity (Wildman–Crippen MR) is 71.8 cm³/mol. The zero-order valence-electron chi connectivity index (χ0n) is 11.5. The molecule has 0 bridgehead atoms. The molecule has 0 aromatic heterocycles. The topological polar surface area (TPSA) is 15.3 Å². The molecule has 16 heavy (non-hydrogen) atoms. The molecule has 0 aromatic carbocycles. The molecule has 1 aliphatic rings. The van der Waals surface area contributed by atoms with Gasteiger partial charge in [-0.25, -0.2) is 0 Å². The molecule has 96 valence electrons. The van der Waals surface area contributed by atoms with E-state index < -0.39 is 0 Å². The Hall–Kier alpha value is -0.0800. The van der Waals surface area contributed by atoms with E-state index in [1.165, 1.54) is 58.3 Å². The lowest BCUT2D eigenvalue weighted by atomic mass is 10.1. The van der Waals surface area contributed by atoms with Crippen LogP contribution in [0.1, 0.15) is 52.9 Å². The molecule has 2 unspecified atom stereocenters. The number of hydrogen-bond acceptors (Lipinski definition) is 2. The molecule has 0 amide bonds. The second-order valence-electron chi connectivity index (χ2n) is 5.36. The maximum absolute atomic E-state index is 3.56. The number of rotatable bonds is 8. The van der Waals surface area contributed by atoms with Crippen LogP contribution in [0.25, 0.3) is 0 Å². The van der Waals surface area contributed by atoms with E-state index in [9.17, 15) is 0 Å². The number of hydrogen-bond donors (Lipinski definition) is 1. The molecule has 1 heterocycles. The van der Waals surface area contributed by atoms with E-state index in [2.05, 4.69) is 31.0 Å². The van der Waals surface area contributed by atoms with Gasteiger partial charge in [0.1, 0.15) is 0 Å². The summed E-state index contributed by atoms with van der Waals surface area (Å²) in [6.07, 6.45) is 6.72. The van der Waals surface area contributed by atoms with E-state index in [1.54, 1.807) is 0 Å². The highest BCUT2D eigenvalue weighted by molar-refractivity contribution is 4.74. The highest BCUT2D eigenvalue weighted by Gasteiger charge is 2.20. The van der Waals surface area contributed by atoms with Crippen LogP contribution in [0.2, 0.25) is 0 Å². The van der Waals surface area contributed by atoms with Crippen molar-refractivity contribution >= 4 is 0 Å². The Kier molecular flexibility index (Phi) is 7.06. The van der Waals surface area contributed by atoms with Crippen LogP contribution in [-0.4, -0.2) is 37.1 Å². The van der Waals surface area contributed by atoms with E-state index in [1.807, 2.05) is 0 Å². The van der Waals surface area contributed by atoms with Crippen LogP contribution in [0.3, 0.4) is 0 Å². The molecule has 0 aliphatic carbocycles. The molecule has 0 saturated carbocycles. The third kappa shape index (κ3) is 5.31. The first-order chi connectivity index (χ1) is 7.76. The molecule has 1 N–H and O–H groups in total. The second-order valence-corrected chi connectivity index (χ2v) is 5.36. The molecule has 2 heteroatoms. The van der Waals surface area contributed by atoms with E-state index >= 15 is 0 Å². The van der Waals surface area contributed by atoms with Crippen LogP contribution in [-0.2, 0) is 0 Å². The van der Waals surface area contributed by atoms with Crippen molar-refractivity contribution in [3.8, 4) is 0 Å². The van der Waals surface area contributed by atoms with Crippen molar-refractivity contribution in [1.29, 1.82) is 0 Å². The zero-order valence-corrected chi connectivity index (χ0v) is 11.5. The Morgan fingerprint density at radius 3 is 2.81 bits per heavy atom. The Bertz CT molecular complexity index is 170. The highest BCUT2D eigenvalue weighted by Crippen LogP contribution is 2.19. The smallest absolute Gasteiger partial charge is 0.00391 e. The summed E-state index contributed by atoms with van der Waals surface area (Å²) in [5, 5.41) is 3.56. The minimum absolute atomic E-state index is 0.699. The van der Waals surface area contributed by atoms with Gasteiger partial charge in [-0.3, -0.25) is 0 Å². The first-order valence-corrected chi connectivity index (χ1v) is 7.22. The summed E-state index contributed by atoms with van der Waals surface area (Å²) in [5.74, 6) is 0.982. The lowest BCUT2D eigenvalue weighted by Gasteiger charge is -2.18. The van der Waals surface area contributed by atoms with Gasteiger partial charge in [0, 0.05) is 12.6 Å². The Labute approximate surface area is 102 Å². The van der Waals surface area contributed by atoms with Gasteiger partial charge in [0.25, 0.3) is 0 Å². The number of nitrogens with zero attached hydrogens (tertiary/aromatic N) is 1. The largest absolute Gasteiger partial charge is 0.314 e. The van der Waals surface area contributed by atoms with E-state index in [4.69, 9.17) is 0 Å². The third-order valence-corrected chi connectivity index (χ3v) is 3.80. The third-order valence-electron chi connectivity index (χ3n) is 3.80. The summed E-state index contributed by atoms with van der Waals surface area (Å²) in [7, 11) is 0. The maximum Gasteiger partial charge on any atom is 0.00391 e. The van der Waals surface area contributed by atoms with Crippen LogP contribution in [0.4, 0.5) is 0 Å². The molecule has 1 rings (SSSR count). The fourth-order valence-corrected chi connectivity index (χ4v) is 2.56. The van der Waals surface area contributed by atoms with E-state index in [0.717, 1.165) is 5.92 Å². The predicted octanol–water partition coefficient (Wildman–Crippen LogP) is 2.89. The molecule has 0 radical (unpaired) electrons. The summed E-state index contributed by atoms with van der Waals surface area (Å²) < 4.78 is 0. The average Bonchev–Trinajstić information content (AvgIpc) is 2.74. The first kappa shape index (κ1) is 14.0.